The highest BCUT2D eigenvalue weighted by Crippen LogP contribution is 2.48. The zero-order chi connectivity index (χ0) is 23.7. The van der Waals surface area contributed by atoms with E-state index in [4.69, 9.17) is 9.47 Å². The highest BCUT2D eigenvalue weighted by Gasteiger charge is 2.35. The molecule has 0 unspecified atom stereocenters. The number of benzene rings is 1. The third-order valence-corrected chi connectivity index (χ3v) is 8.31. The van der Waals surface area contributed by atoms with Crippen molar-refractivity contribution in [3.05, 3.63) is 58.3 Å². The lowest BCUT2D eigenvalue weighted by molar-refractivity contribution is -0.385. The second-order valence-electron chi connectivity index (χ2n) is 7.70. The van der Waals surface area contributed by atoms with Gasteiger partial charge in [0, 0.05) is 11.8 Å². The van der Waals surface area contributed by atoms with Gasteiger partial charge in [0.15, 0.2) is 0 Å². The molecule has 1 heterocycles. The topological polar surface area (TPSA) is 121 Å². The van der Waals surface area contributed by atoms with Crippen LogP contribution in [0.3, 0.4) is 0 Å². The van der Waals surface area contributed by atoms with E-state index in [1.165, 1.54) is 30.9 Å². The van der Waals surface area contributed by atoms with Gasteiger partial charge in [0.2, 0.25) is 13.7 Å². The summed E-state index contributed by atoms with van der Waals surface area (Å²) in [6.45, 7) is 0.440. The molecule has 33 heavy (non-hydrogen) atoms. The van der Waals surface area contributed by atoms with E-state index in [-0.39, 0.29) is 29.5 Å². The molecule has 0 aliphatic heterocycles. The van der Waals surface area contributed by atoms with Crippen molar-refractivity contribution >= 4 is 52.8 Å². The Kier molecular flexibility index (Phi) is 9.01. The van der Waals surface area contributed by atoms with Gasteiger partial charge < -0.3 is 9.47 Å². The van der Waals surface area contributed by atoms with Crippen molar-refractivity contribution in [3.63, 3.8) is 0 Å². The van der Waals surface area contributed by atoms with Crippen molar-refractivity contribution in [1.82, 2.24) is 4.98 Å². The second-order valence-corrected chi connectivity index (χ2v) is 10.3. The predicted molar refractivity (Wildman–Crippen MR) is 130 cm³/mol. The number of pyridine rings is 1. The number of carbonyl (C=O) groups is 2. The second kappa shape index (κ2) is 11.9. The van der Waals surface area contributed by atoms with Crippen LogP contribution < -0.4 is 5.32 Å². The summed E-state index contributed by atoms with van der Waals surface area (Å²) in [6, 6.07) is 10.0. The average molecular weight is 489 g/mol. The first-order valence-electron chi connectivity index (χ1n) is 10.5. The minimum atomic E-state index is -0.535. The third-order valence-electron chi connectivity index (χ3n) is 5.11. The van der Waals surface area contributed by atoms with Gasteiger partial charge in [-0.05, 0) is 47.4 Å². The Labute approximate surface area is 200 Å². The average Bonchev–Trinajstić information content (AvgIpc) is 2.82. The Bertz CT molecular complexity index is 969. The number of aromatic nitrogens is 1. The molecule has 1 N–H and O–H groups in total. The molecule has 12 heteroatoms. The van der Waals surface area contributed by atoms with Crippen molar-refractivity contribution < 1.29 is 24.0 Å². The van der Waals surface area contributed by atoms with Gasteiger partial charge in [-0.3, -0.25) is 20.2 Å². The number of nitrogens with one attached hydrogen (secondary N) is 1. The number of carbonyl (C=O) groups excluding carboxylic acids is 2. The first-order valence-corrected chi connectivity index (χ1v) is 12.6. The van der Waals surface area contributed by atoms with Crippen LogP contribution in [0.5, 0.6) is 0 Å². The Morgan fingerprint density at radius 3 is 2.45 bits per heavy atom. The van der Waals surface area contributed by atoms with E-state index >= 15 is 0 Å². The minimum absolute atomic E-state index is 0.0452. The minimum Gasteiger partial charge on any atom is -0.469 e. The molecular formula is C21H24BN3O6S2. The molecule has 3 rings (SSSR count). The van der Waals surface area contributed by atoms with Gasteiger partial charge in [0.25, 0.3) is 5.69 Å². The normalized spacial score (nSPS) is 14.8. The number of nitro groups is 1. The summed E-state index contributed by atoms with van der Waals surface area (Å²) < 4.78 is 10.3. The van der Waals surface area contributed by atoms with Crippen molar-refractivity contribution in [2.24, 2.45) is 0 Å². The molecule has 0 atom stereocenters. The molecule has 1 fully saturated rings. The van der Waals surface area contributed by atoms with Gasteiger partial charge in [0.1, 0.15) is 24.4 Å². The lowest BCUT2D eigenvalue weighted by Crippen LogP contribution is -2.34. The van der Waals surface area contributed by atoms with E-state index in [2.05, 4.69) is 10.3 Å². The largest absolute Gasteiger partial charge is 0.469 e. The fourth-order valence-corrected chi connectivity index (χ4v) is 6.10. The first kappa shape index (κ1) is 24.9. The van der Waals surface area contributed by atoms with Gasteiger partial charge in [-0.15, -0.1) is 0 Å². The fraction of sp³-hybridized carbons (Fsp3) is 0.381. The molecule has 0 radical (unpaired) electrons. The Hall–Kier alpha value is -2.73. The number of hydrogen-bond donors (Lipinski definition) is 1. The van der Waals surface area contributed by atoms with Crippen LogP contribution in [0.15, 0.2) is 47.6 Å². The molecular weight excluding hydrogens is 465 g/mol. The maximum atomic E-state index is 12.4. The zero-order valence-corrected chi connectivity index (χ0v) is 19.8. The van der Waals surface area contributed by atoms with E-state index in [0.717, 1.165) is 37.7 Å². The molecule has 1 aromatic carbocycles. The third kappa shape index (κ3) is 7.97. The van der Waals surface area contributed by atoms with Crippen molar-refractivity contribution in [1.29, 1.82) is 0 Å². The van der Waals surface area contributed by atoms with Crippen molar-refractivity contribution in [2.45, 2.75) is 48.5 Å². The van der Waals surface area contributed by atoms with Gasteiger partial charge in [-0.25, -0.2) is 9.78 Å². The van der Waals surface area contributed by atoms with Crippen LogP contribution in [-0.2, 0) is 16.1 Å². The molecule has 0 saturated heterocycles. The lowest BCUT2D eigenvalue weighted by atomic mass is 9.89. The predicted octanol–water partition coefficient (Wildman–Crippen LogP) is 4.95. The van der Waals surface area contributed by atoms with Crippen molar-refractivity contribution in [3.8, 4) is 0 Å². The van der Waals surface area contributed by atoms with Crippen LogP contribution in [0, 0.1) is 10.1 Å². The number of rotatable bonds is 9. The summed E-state index contributed by atoms with van der Waals surface area (Å²) in [5.74, 6) is -0.349. The number of amides is 1. The number of nitrogens with zero attached hydrogens (tertiary/aromatic N) is 2. The maximum Gasteiger partial charge on any atom is 0.411 e. The SMILES string of the molecule is BC(=O)OCc1ccc(NC(=O)OCC2(SSc3ccc([N+](=O)[O-])cn3)CCCCC2)cc1. The van der Waals surface area contributed by atoms with E-state index in [1.54, 1.807) is 41.1 Å². The standard InChI is InChI=1S/C21H24BN3O6S2/c22-19(26)30-13-15-4-6-16(7-5-15)24-20(27)31-14-21(10-2-1-3-11-21)33-32-18-9-8-17(12-23-18)25(28)29/h4-9,12H,1-3,10-11,13-14,22H2,(H,24,27). The molecule has 0 spiro atoms. The van der Waals surface area contributed by atoms with Crippen LogP contribution in [0.1, 0.15) is 37.7 Å². The highest BCUT2D eigenvalue weighted by atomic mass is 33.1. The number of anilines is 1. The van der Waals surface area contributed by atoms with Crippen LogP contribution in [0.2, 0.25) is 0 Å². The van der Waals surface area contributed by atoms with E-state index in [9.17, 15) is 19.7 Å². The molecule has 1 aliphatic rings. The van der Waals surface area contributed by atoms with Crippen LogP contribution in [-0.4, -0.2) is 41.1 Å². The van der Waals surface area contributed by atoms with Crippen molar-refractivity contribution in [2.75, 3.05) is 11.9 Å². The maximum absolute atomic E-state index is 12.4. The summed E-state index contributed by atoms with van der Waals surface area (Å²) in [5.41, 5.74) is 1.36. The van der Waals surface area contributed by atoms with E-state index < -0.39 is 11.0 Å². The molecule has 1 aromatic heterocycles. The van der Waals surface area contributed by atoms with Crippen LogP contribution in [0.4, 0.5) is 21.0 Å². The molecule has 9 nitrogen and oxygen atoms in total. The molecule has 2 aromatic rings. The van der Waals surface area contributed by atoms with Crippen LogP contribution >= 0.6 is 21.6 Å². The summed E-state index contributed by atoms with van der Waals surface area (Å²) in [7, 11) is 4.40. The van der Waals surface area contributed by atoms with E-state index in [0.29, 0.717) is 10.7 Å². The summed E-state index contributed by atoms with van der Waals surface area (Å²) >= 11 is 0. The Morgan fingerprint density at radius 2 is 1.85 bits per heavy atom. The smallest absolute Gasteiger partial charge is 0.411 e. The molecule has 0 bridgehead atoms. The monoisotopic (exact) mass is 489 g/mol. The van der Waals surface area contributed by atoms with Gasteiger partial charge in [-0.2, -0.15) is 0 Å². The number of hydrogen-bond acceptors (Lipinski definition) is 9. The Balaban J connectivity index is 1.52. The summed E-state index contributed by atoms with van der Waals surface area (Å²) in [4.78, 5) is 37.7. The van der Waals surface area contributed by atoms with Gasteiger partial charge >= 0.3 is 6.09 Å². The number of ether oxygens (including phenoxy) is 2. The summed E-state index contributed by atoms with van der Waals surface area (Å²) in [5, 5.41) is 14.2. The first-order chi connectivity index (χ1) is 15.8. The Morgan fingerprint density at radius 1 is 1.12 bits per heavy atom. The van der Waals surface area contributed by atoms with Crippen LogP contribution in [0.25, 0.3) is 0 Å². The van der Waals surface area contributed by atoms with Gasteiger partial charge in [-0.1, -0.05) is 42.2 Å². The van der Waals surface area contributed by atoms with E-state index in [1.807, 2.05) is 0 Å². The fourth-order valence-electron chi connectivity index (χ4n) is 3.33. The highest BCUT2D eigenvalue weighted by molar-refractivity contribution is 8.77. The zero-order valence-electron chi connectivity index (χ0n) is 18.2. The molecule has 1 saturated carbocycles. The lowest BCUT2D eigenvalue weighted by Gasteiger charge is -2.35. The van der Waals surface area contributed by atoms with Gasteiger partial charge in [0.05, 0.1) is 9.67 Å². The summed E-state index contributed by atoms with van der Waals surface area (Å²) in [6.07, 6.45) is 5.79. The molecule has 174 valence electrons. The quantitative estimate of drug-likeness (QED) is 0.226. The molecule has 1 amide bonds. The molecule has 1 aliphatic carbocycles.